The Morgan fingerprint density at radius 3 is 2.76 bits per heavy atom. The van der Waals surface area contributed by atoms with E-state index in [0.717, 1.165) is 15.6 Å². The first-order valence-electron chi connectivity index (χ1n) is 6.49. The molecule has 1 aromatic rings. The summed E-state index contributed by atoms with van der Waals surface area (Å²) in [6, 6.07) is 7.73. The quantitative estimate of drug-likeness (QED) is 0.795. The van der Waals surface area contributed by atoms with E-state index >= 15 is 0 Å². The molecule has 2 aliphatic heterocycles. The summed E-state index contributed by atoms with van der Waals surface area (Å²) in [5.41, 5.74) is 1.52. The number of hydrogen-bond acceptors (Lipinski definition) is 6. The van der Waals surface area contributed by atoms with Crippen LogP contribution in [0.1, 0.15) is 13.8 Å². The van der Waals surface area contributed by atoms with E-state index < -0.39 is 0 Å². The highest BCUT2D eigenvalue weighted by atomic mass is 32.2. The number of thioether (sulfide) groups is 2. The van der Waals surface area contributed by atoms with Gasteiger partial charge in [-0.05, 0) is 19.1 Å². The molecule has 0 aliphatic carbocycles. The van der Waals surface area contributed by atoms with Crippen molar-refractivity contribution in [2.24, 2.45) is 0 Å². The molecule has 0 fully saturated rings. The predicted molar refractivity (Wildman–Crippen MR) is 84.8 cm³/mol. The van der Waals surface area contributed by atoms with Gasteiger partial charge >= 0.3 is 5.97 Å². The molecule has 4 nitrogen and oxygen atoms in total. The molecule has 0 bridgehead atoms. The maximum absolute atomic E-state index is 12.2. The van der Waals surface area contributed by atoms with Gasteiger partial charge in [-0.3, -0.25) is 9.69 Å². The number of esters is 1. The molecule has 0 amide bonds. The lowest BCUT2D eigenvalue weighted by atomic mass is 10.2. The average molecular weight is 319 g/mol. The van der Waals surface area contributed by atoms with Crippen LogP contribution in [0.2, 0.25) is 0 Å². The molecule has 0 unspecified atom stereocenters. The van der Waals surface area contributed by atoms with Crippen LogP contribution in [-0.4, -0.2) is 18.4 Å². The number of Topliss-reactive ketones (excluding diaryl/α,β-unsaturated/α-hetero) is 1. The number of ether oxygens (including phenoxy) is 1. The van der Waals surface area contributed by atoms with Gasteiger partial charge in [-0.1, -0.05) is 35.7 Å². The molecule has 108 valence electrons. The van der Waals surface area contributed by atoms with Crippen LogP contribution in [-0.2, 0) is 14.3 Å². The van der Waals surface area contributed by atoms with Crippen LogP contribution in [0.4, 0.5) is 5.69 Å². The standard InChI is InChI=1S/C15H13NO3S2/c1-3-19-15(18)13-14-16(11(8-20-14)9(2)17)10-6-4-5-7-12(10)21-13/h4-8H,3H2,1-2H3. The summed E-state index contributed by atoms with van der Waals surface area (Å²) in [7, 11) is 0. The highest BCUT2D eigenvalue weighted by Crippen LogP contribution is 2.52. The molecule has 0 aromatic heterocycles. The molecule has 0 atom stereocenters. The third-order valence-electron chi connectivity index (χ3n) is 3.06. The van der Waals surface area contributed by atoms with Crippen molar-refractivity contribution in [3.8, 4) is 0 Å². The second-order valence-corrected chi connectivity index (χ2v) is 6.35. The lowest BCUT2D eigenvalue weighted by Gasteiger charge is -2.29. The van der Waals surface area contributed by atoms with E-state index in [1.807, 2.05) is 29.2 Å². The number of rotatable bonds is 3. The maximum Gasteiger partial charge on any atom is 0.347 e. The van der Waals surface area contributed by atoms with Crippen LogP contribution in [0.3, 0.4) is 0 Å². The molecule has 0 saturated carbocycles. The van der Waals surface area contributed by atoms with E-state index in [4.69, 9.17) is 4.74 Å². The number of benzene rings is 1. The van der Waals surface area contributed by atoms with Gasteiger partial charge in [0.05, 0.1) is 18.0 Å². The predicted octanol–water partition coefficient (Wildman–Crippen LogP) is 3.51. The van der Waals surface area contributed by atoms with Crippen molar-refractivity contribution in [1.82, 2.24) is 0 Å². The Balaban J connectivity index is 2.12. The summed E-state index contributed by atoms with van der Waals surface area (Å²) < 4.78 is 5.13. The van der Waals surface area contributed by atoms with E-state index in [1.165, 1.54) is 30.4 Å². The van der Waals surface area contributed by atoms with Crippen molar-refractivity contribution in [2.75, 3.05) is 11.5 Å². The van der Waals surface area contributed by atoms with Crippen molar-refractivity contribution in [1.29, 1.82) is 0 Å². The van der Waals surface area contributed by atoms with Gasteiger partial charge in [0.2, 0.25) is 0 Å². The molecule has 0 saturated heterocycles. The second-order valence-electron chi connectivity index (χ2n) is 4.44. The van der Waals surface area contributed by atoms with Crippen LogP contribution in [0.25, 0.3) is 0 Å². The number of anilines is 1. The summed E-state index contributed by atoms with van der Waals surface area (Å²) in [6.45, 7) is 3.64. The van der Waals surface area contributed by atoms with Gasteiger partial charge in [-0.2, -0.15) is 0 Å². The van der Waals surface area contributed by atoms with Crippen molar-refractivity contribution in [3.05, 3.63) is 45.3 Å². The summed E-state index contributed by atoms with van der Waals surface area (Å²) in [5.74, 6) is -0.370. The molecule has 2 heterocycles. The van der Waals surface area contributed by atoms with Gasteiger partial charge in [-0.15, -0.1) is 0 Å². The molecule has 6 heteroatoms. The molecular weight excluding hydrogens is 306 g/mol. The Labute approximate surface area is 131 Å². The smallest absolute Gasteiger partial charge is 0.347 e. The maximum atomic E-state index is 12.2. The molecule has 21 heavy (non-hydrogen) atoms. The van der Waals surface area contributed by atoms with Crippen LogP contribution < -0.4 is 4.90 Å². The van der Waals surface area contributed by atoms with Crippen LogP contribution in [0.15, 0.2) is 50.2 Å². The van der Waals surface area contributed by atoms with Crippen molar-refractivity contribution in [3.63, 3.8) is 0 Å². The van der Waals surface area contributed by atoms with E-state index in [0.29, 0.717) is 17.2 Å². The normalized spacial score (nSPS) is 16.3. The molecule has 3 rings (SSSR count). The minimum atomic E-state index is -0.345. The van der Waals surface area contributed by atoms with Gasteiger partial charge in [0.1, 0.15) is 9.93 Å². The number of para-hydroxylation sites is 1. The average Bonchev–Trinajstić information content (AvgIpc) is 2.92. The highest BCUT2D eigenvalue weighted by molar-refractivity contribution is 8.09. The Morgan fingerprint density at radius 2 is 2.05 bits per heavy atom. The molecule has 0 N–H and O–H groups in total. The second kappa shape index (κ2) is 5.61. The SMILES string of the molecule is CCOC(=O)C1=C2SC=C(C(C)=O)N2c2ccccc2S1. The van der Waals surface area contributed by atoms with E-state index in [1.54, 1.807) is 12.3 Å². The van der Waals surface area contributed by atoms with Crippen molar-refractivity contribution in [2.45, 2.75) is 18.7 Å². The first kappa shape index (κ1) is 14.3. The molecule has 0 radical (unpaired) electrons. The fraction of sp³-hybridized carbons (Fsp3) is 0.200. The van der Waals surface area contributed by atoms with E-state index in [9.17, 15) is 9.59 Å². The highest BCUT2D eigenvalue weighted by Gasteiger charge is 2.36. The number of allylic oxidation sites excluding steroid dienone is 1. The zero-order valence-corrected chi connectivity index (χ0v) is 13.2. The number of ketones is 1. The van der Waals surface area contributed by atoms with Gasteiger partial charge in [-0.25, -0.2) is 4.79 Å². The Hall–Kier alpha value is -1.66. The fourth-order valence-corrected chi connectivity index (χ4v) is 4.38. The number of hydrogen-bond donors (Lipinski definition) is 0. The van der Waals surface area contributed by atoms with E-state index in [2.05, 4.69) is 0 Å². The first-order chi connectivity index (χ1) is 10.1. The zero-order valence-electron chi connectivity index (χ0n) is 11.6. The number of carbonyl (C=O) groups is 2. The summed E-state index contributed by atoms with van der Waals surface area (Å²) in [4.78, 5) is 27.4. The number of carbonyl (C=O) groups excluding carboxylic acids is 2. The molecule has 1 aromatic carbocycles. The van der Waals surface area contributed by atoms with Gasteiger partial charge < -0.3 is 4.74 Å². The third-order valence-corrected chi connectivity index (χ3v) is 5.27. The summed E-state index contributed by atoms with van der Waals surface area (Å²) in [6.07, 6.45) is 0. The largest absolute Gasteiger partial charge is 0.462 e. The van der Waals surface area contributed by atoms with Gasteiger partial charge in [0, 0.05) is 17.2 Å². The fourth-order valence-electron chi connectivity index (χ4n) is 2.17. The number of nitrogens with zero attached hydrogens (tertiary/aromatic N) is 1. The van der Waals surface area contributed by atoms with Crippen LogP contribution >= 0.6 is 23.5 Å². The van der Waals surface area contributed by atoms with Crippen LogP contribution in [0, 0.1) is 0 Å². The minimum absolute atomic E-state index is 0.0255. The zero-order chi connectivity index (χ0) is 15.0. The van der Waals surface area contributed by atoms with Gasteiger partial charge in [0.15, 0.2) is 5.78 Å². The molecule has 2 aliphatic rings. The van der Waals surface area contributed by atoms with Gasteiger partial charge in [0.25, 0.3) is 0 Å². The monoisotopic (exact) mass is 319 g/mol. The van der Waals surface area contributed by atoms with Crippen molar-refractivity contribution >= 4 is 41.0 Å². The number of fused-ring (bicyclic) bond motifs is 3. The molecular formula is C15H13NO3S2. The first-order valence-corrected chi connectivity index (χ1v) is 8.19. The Morgan fingerprint density at radius 1 is 1.29 bits per heavy atom. The van der Waals surface area contributed by atoms with E-state index in [-0.39, 0.29) is 11.8 Å². The third kappa shape index (κ3) is 2.38. The Kier molecular flexibility index (Phi) is 3.82. The Bertz CT molecular complexity index is 694. The lowest BCUT2D eigenvalue weighted by molar-refractivity contribution is -0.137. The lowest BCUT2D eigenvalue weighted by Crippen LogP contribution is -2.26. The van der Waals surface area contributed by atoms with Crippen LogP contribution in [0.5, 0.6) is 0 Å². The topological polar surface area (TPSA) is 46.6 Å². The van der Waals surface area contributed by atoms with Crippen molar-refractivity contribution < 1.29 is 14.3 Å². The molecule has 0 spiro atoms. The minimum Gasteiger partial charge on any atom is -0.462 e. The summed E-state index contributed by atoms with van der Waals surface area (Å²) >= 11 is 2.78. The summed E-state index contributed by atoms with van der Waals surface area (Å²) in [5, 5.41) is 2.54.